The van der Waals surface area contributed by atoms with E-state index in [1.165, 1.54) is 0 Å². The Morgan fingerprint density at radius 1 is 1.22 bits per heavy atom. The van der Waals surface area contributed by atoms with Gasteiger partial charge in [-0.05, 0) is 42.2 Å². The molecule has 0 aliphatic heterocycles. The lowest BCUT2D eigenvalue weighted by molar-refractivity contribution is -0.138. The summed E-state index contributed by atoms with van der Waals surface area (Å²) in [5.41, 5.74) is 3.51. The van der Waals surface area contributed by atoms with Gasteiger partial charge in [-0.3, -0.25) is 4.79 Å². The minimum atomic E-state index is -0.527. The first-order chi connectivity index (χ1) is 11.0. The molecular formula is C20H20N2O. The molecule has 3 nitrogen and oxygen atoms in total. The Bertz CT molecular complexity index is 789. The molecular weight excluding hydrogens is 284 g/mol. The molecule has 1 aliphatic carbocycles. The van der Waals surface area contributed by atoms with Crippen molar-refractivity contribution in [2.24, 2.45) is 5.41 Å². The molecule has 0 saturated carbocycles. The van der Waals surface area contributed by atoms with Gasteiger partial charge in [0.2, 0.25) is 5.91 Å². The Hall–Kier alpha value is -2.60. The predicted molar refractivity (Wildman–Crippen MR) is 89.9 cm³/mol. The number of carbonyl (C=O) groups excluding carboxylic acids is 1. The molecule has 116 valence electrons. The highest BCUT2D eigenvalue weighted by atomic mass is 16.2. The van der Waals surface area contributed by atoms with E-state index in [1.54, 1.807) is 19.0 Å². The molecule has 0 N–H and O–H groups in total. The van der Waals surface area contributed by atoms with Crippen LogP contribution in [0.3, 0.4) is 0 Å². The molecule has 23 heavy (non-hydrogen) atoms. The minimum absolute atomic E-state index is 0.0260. The summed E-state index contributed by atoms with van der Waals surface area (Å²) in [7, 11) is 3.61. The van der Waals surface area contributed by atoms with Gasteiger partial charge in [-0.25, -0.2) is 0 Å². The van der Waals surface area contributed by atoms with Crippen molar-refractivity contribution in [1.82, 2.24) is 4.90 Å². The van der Waals surface area contributed by atoms with Crippen LogP contribution < -0.4 is 0 Å². The summed E-state index contributed by atoms with van der Waals surface area (Å²) in [5.74, 6) is 0.1000. The van der Waals surface area contributed by atoms with Gasteiger partial charge in [0.15, 0.2) is 0 Å². The number of benzene rings is 2. The van der Waals surface area contributed by atoms with Crippen molar-refractivity contribution in [2.45, 2.75) is 19.3 Å². The highest BCUT2D eigenvalue weighted by molar-refractivity contribution is 5.85. The highest BCUT2D eigenvalue weighted by Gasteiger charge is 2.49. The lowest BCUT2D eigenvalue weighted by Gasteiger charge is -2.33. The van der Waals surface area contributed by atoms with Crippen LogP contribution in [-0.2, 0) is 11.2 Å². The zero-order valence-corrected chi connectivity index (χ0v) is 13.7. The van der Waals surface area contributed by atoms with Gasteiger partial charge in [0.25, 0.3) is 0 Å². The van der Waals surface area contributed by atoms with Crippen LogP contribution in [0.1, 0.15) is 35.1 Å². The first kappa shape index (κ1) is 15.3. The average molecular weight is 304 g/mol. The lowest BCUT2D eigenvalue weighted by Crippen LogP contribution is -2.41. The van der Waals surface area contributed by atoms with Crippen molar-refractivity contribution in [2.75, 3.05) is 14.1 Å². The Balaban J connectivity index is 2.20. The number of hydrogen-bond donors (Lipinski definition) is 0. The van der Waals surface area contributed by atoms with Gasteiger partial charge in [-0.2, -0.15) is 5.26 Å². The molecule has 0 saturated heterocycles. The van der Waals surface area contributed by atoms with E-state index in [9.17, 15) is 10.1 Å². The molecule has 3 rings (SSSR count). The summed E-state index contributed by atoms with van der Waals surface area (Å²) in [4.78, 5) is 14.6. The van der Waals surface area contributed by atoms with Crippen molar-refractivity contribution in [3.63, 3.8) is 0 Å². The summed E-state index contributed by atoms with van der Waals surface area (Å²) >= 11 is 0. The second-order valence-corrected chi connectivity index (χ2v) is 6.66. The predicted octanol–water partition coefficient (Wildman–Crippen LogP) is 3.34. The van der Waals surface area contributed by atoms with E-state index in [0.29, 0.717) is 12.0 Å². The third-order valence-corrected chi connectivity index (χ3v) is 4.81. The molecule has 2 atom stereocenters. The fourth-order valence-corrected chi connectivity index (χ4v) is 3.84. The van der Waals surface area contributed by atoms with E-state index in [1.807, 2.05) is 43.3 Å². The number of carbonyl (C=O) groups is 1. The van der Waals surface area contributed by atoms with Crippen molar-refractivity contribution < 1.29 is 4.79 Å². The lowest BCUT2D eigenvalue weighted by atomic mass is 9.73. The number of fused-ring (bicyclic) bond motifs is 1. The van der Waals surface area contributed by atoms with Gasteiger partial charge in [0.1, 0.15) is 0 Å². The maximum atomic E-state index is 12.9. The fourth-order valence-electron chi connectivity index (χ4n) is 3.84. The second kappa shape index (κ2) is 5.55. The number of hydrogen-bond acceptors (Lipinski definition) is 2. The summed E-state index contributed by atoms with van der Waals surface area (Å²) < 4.78 is 0. The van der Waals surface area contributed by atoms with E-state index in [2.05, 4.69) is 18.2 Å². The number of rotatable bonds is 2. The number of amides is 1. The van der Waals surface area contributed by atoms with Crippen molar-refractivity contribution in [3.05, 3.63) is 70.8 Å². The Morgan fingerprint density at radius 3 is 2.52 bits per heavy atom. The van der Waals surface area contributed by atoms with Crippen LogP contribution in [-0.4, -0.2) is 24.9 Å². The summed E-state index contributed by atoms with van der Waals surface area (Å²) in [6, 6.07) is 18.1. The average Bonchev–Trinajstić information content (AvgIpc) is 2.86. The molecule has 0 heterocycles. The number of nitrogens with zero attached hydrogens (tertiary/aromatic N) is 2. The maximum absolute atomic E-state index is 12.9. The standard InChI is InChI=1S/C20H20N2O/c1-20(19(23)22(2)3)12-16-10-9-14(13-21)11-17(16)18(20)15-7-5-4-6-8-15/h4-11,18H,12H2,1-3H3/t18-,20+/m0/s1. The molecule has 2 aromatic rings. The first-order valence-electron chi connectivity index (χ1n) is 7.77. The van der Waals surface area contributed by atoms with Gasteiger partial charge >= 0.3 is 0 Å². The smallest absolute Gasteiger partial charge is 0.229 e. The van der Waals surface area contributed by atoms with Crippen LogP contribution in [0.15, 0.2) is 48.5 Å². The van der Waals surface area contributed by atoms with E-state index in [0.717, 1.165) is 16.7 Å². The van der Waals surface area contributed by atoms with Crippen LogP contribution in [0.2, 0.25) is 0 Å². The Labute approximate surface area is 137 Å². The third kappa shape index (κ3) is 2.41. The normalized spacial score (nSPS) is 22.3. The Kier molecular flexibility index (Phi) is 3.69. The number of nitriles is 1. The largest absolute Gasteiger partial charge is 0.348 e. The summed E-state index contributed by atoms with van der Waals surface area (Å²) in [6.07, 6.45) is 0.699. The van der Waals surface area contributed by atoms with Gasteiger partial charge in [-0.15, -0.1) is 0 Å². The quantitative estimate of drug-likeness (QED) is 0.854. The first-order valence-corrected chi connectivity index (χ1v) is 7.77. The molecule has 0 radical (unpaired) electrons. The van der Waals surface area contributed by atoms with Gasteiger partial charge in [0.05, 0.1) is 17.0 Å². The van der Waals surface area contributed by atoms with Crippen LogP contribution in [0, 0.1) is 16.7 Å². The summed E-state index contributed by atoms with van der Waals surface area (Å²) in [5, 5.41) is 9.23. The second-order valence-electron chi connectivity index (χ2n) is 6.66. The van der Waals surface area contributed by atoms with Crippen molar-refractivity contribution in [1.29, 1.82) is 5.26 Å². The summed E-state index contributed by atoms with van der Waals surface area (Å²) in [6.45, 7) is 2.04. The van der Waals surface area contributed by atoms with Gasteiger partial charge in [-0.1, -0.05) is 36.4 Å². The van der Waals surface area contributed by atoms with Crippen LogP contribution in [0.5, 0.6) is 0 Å². The van der Waals surface area contributed by atoms with E-state index in [4.69, 9.17) is 0 Å². The molecule has 0 aromatic heterocycles. The van der Waals surface area contributed by atoms with E-state index >= 15 is 0 Å². The minimum Gasteiger partial charge on any atom is -0.348 e. The van der Waals surface area contributed by atoms with Crippen LogP contribution in [0.4, 0.5) is 0 Å². The topological polar surface area (TPSA) is 44.1 Å². The van der Waals surface area contributed by atoms with Crippen LogP contribution in [0.25, 0.3) is 0 Å². The molecule has 0 unspecified atom stereocenters. The van der Waals surface area contributed by atoms with E-state index < -0.39 is 5.41 Å². The zero-order chi connectivity index (χ0) is 16.6. The zero-order valence-electron chi connectivity index (χ0n) is 13.7. The SMILES string of the molecule is CN(C)C(=O)[C@]1(C)Cc2ccc(C#N)cc2[C@@H]1c1ccccc1. The van der Waals surface area contributed by atoms with Crippen molar-refractivity contribution >= 4 is 5.91 Å². The molecule has 1 aliphatic rings. The maximum Gasteiger partial charge on any atom is 0.229 e. The monoisotopic (exact) mass is 304 g/mol. The molecule has 1 amide bonds. The van der Waals surface area contributed by atoms with Gasteiger partial charge in [0, 0.05) is 20.0 Å². The van der Waals surface area contributed by atoms with E-state index in [-0.39, 0.29) is 11.8 Å². The molecule has 3 heteroatoms. The van der Waals surface area contributed by atoms with Crippen molar-refractivity contribution in [3.8, 4) is 6.07 Å². The van der Waals surface area contributed by atoms with Gasteiger partial charge < -0.3 is 4.90 Å². The third-order valence-electron chi connectivity index (χ3n) is 4.81. The molecule has 0 bridgehead atoms. The highest BCUT2D eigenvalue weighted by Crippen LogP contribution is 2.51. The fraction of sp³-hybridized carbons (Fsp3) is 0.300. The molecule has 0 spiro atoms. The van der Waals surface area contributed by atoms with Crippen LogP contribution >= 0.6 is 0 Å². The Morgan fingerprint density at radius 2 is 1.91 bits per heavy atom. The molecule has 0 fully saturated rings. The molecule has 2 aromatic carbocycles.